The number of urea groups is 1. The van der Waals surface area contributed by atoms with E-state index in [1.807, 2.05) is 31.2 Å². The van der Waals surface area contributed by atoms with Crippen molar-refractivity contribution in [3.05, 3.63) is 83.4 Å². The fourth-order valence-corrected chi connectivity index (χ4v) is 6.34. The molecule has 3 heterocycles. The van der Waals surface area contributed by atoms with Crippen LogP contribution in [0.15, 0.2) is 71.8 Å². The van der Waals surface area contributed by atoms with Crippen molar-refractivity contribution in [2.45, 2.75) is 90.1 Å². The van der Waals surface area contributed by atoms with Crippen LogP contribution < -0.4 is 26.6 Å². The molecule has 1 aliphatic carbocycles. The number of hydrogen-bond donors (Lipinski definition) is 6. The second kappa shape index (κ2) is 15.1. The van der Waals surface area contributed by atoms with Crippen molar-refractivity contribution in [1.82, 2.24) is 29.9 Å². The Bertz CT molecular complexity index is 1680. The number of amidine groups is 1. The summed E-state index contributed by atoms with van der Waals surface area (Å²) in [6, 6.07) is 11.1. The molecule has 0 saturated carbocycles. The maximum Gasteiger partial charge on any atom is 0.320 e. The maximum atomic E-state index is 13.3. The van der Waals surface area contributed by atoms with Crippen LogP contribution in [0, 0.1) is 10.8 Å². The summed E-state index contributed by atoms with van der Waals surface area (Å²) in [5, 5.41) is 36.8. The number of ether oxygens (including phenoxy) is 1. The number of hydrogen-bond acceptors (Lipinski definition) is 8. The van der Waals surface area contributed by atoms with Gasteiger partial charge in [0.15, 0.2) is 0 Å². The molecule has 2 aromatic heterocycles. The molecule has 2 aliphatic rings. The van der Waals surface area contributed by atoms with Crippen LogP contribution in [0.4, 0.5) is 10.5 Å². The van der Waals surface area contributed by atoms with E-state index in [1.54, 1.807) is 46.0 Å². The Morgan fingerprint density at radius 1 is 1.13 bits per heavy atom. The molecule has 1 fully saturated rings. The number of nitrogens with zero attached hydrogens (tertiary/aromatic N) is 5. The van der Waals surface area contributed by atoms with Gasteiger partial charge in [0.05, 0.1) is 37.8 Å². The number of likely N-dealkylation sites (tertiary alicyclic amines) is 1. The molecule has 1 aromatic carbocycles. The minimum Gasteiger partial charge on any atom is -0.484 e. The fourth-order valence-electron chi connectivity index (χ4n) is 6.34. The van der Waals surface area contributed by atoms with Crippen molar-refractivity contribution in [2.24, 2.45) is 10.7 Å². The van der Waals surface area contributed by atoms with Crippen molar-refractivity contribution in [2.75, 3.05) is 6.61 Å². The van der Waals surface area contributed by atoms with E-state index in [0.717, 1.165) is 30.4 Å². The highest BCUT2D eigenvalue weighted by Gasteiger charge is 2.31. The molecule has 13 heteroatoms. The number of benzene rings is 1. The van der Waals surface area contributed by atoms with Crippen LogP contribution in [0.5, 0.6) is 5.75 Å². The topological polar surface area (TPSA) is 183 Å². The number of aliphatic hydroxyl groups excluding tert-OH is 1. The van der Waals surface area contributed by atoms with Crippen LogP contribution in [-0.4, -0.2) is 60.9 Å². The van der Waals surface area contributed by atoms with E-state index in [-0.39, 0.29) is 48.1 Å². The van der Waals surface area contributed by atoms with Gasteiger partial charge in [-0.15, -0.1) is 0 Å². The van der Waals surface area contributed by atoms with Crippen LogP contribution in [0.2, 0.25) is 0 Å². The largest absolute Gasteiger partial charge is 0.484 e. The third kappa shape index (κ3) is 8.09. The van der Waals surface area contributed by atoms with E-state index in [0.29, 0.717) is 42.9 Å². The highest BCUT2D eigenvalue weighted by Crippen LogP contribution is 2.38. The van der Waals surface area contributed by atoms with E-state index in [9.17, 15) is 9.90 Å². The van der Waals surface area contributed by atoms with Gasteiger partial charge >= 0.3 is 6.03 Å². The van der Waals surface area contributed by atoms with E-state index < -0.39 is 6.03 Å². The van der Waals surface area contributed by atoms with Crippen LogP contribution in [0.1, 0.15) is 82.6 Å². The Morgan fingerprint density at radius 3 is 2.60 bits per heavy atom. The van der Waals surface area contributed by atoms with Crippen LogP contribution in [0.3, 0.4) is 0 Å². The second-order valence-electron chi connectivity index (χ2n) is 12.2. The average molecular weight is 643 g/mol. The number of fused-ring (bicyclic) bond motifs is 1. The third-order valence-corrected chi connectivity index (χ3v) is 8.78. The number of amides is 2. The first-order valence-electron chi connectivity index (χ1n) is 16.3. The molecule has 0 spiro atoms. The Morgan fingerprint density at radius 2 is 1.87 bits per heavy atom. The zero-order valence-electron chi connectivity index (χ0n) is 27.3. The number of piperidine rings is 1. The van der Waals surface area contributed by atoms with Crippen molar-refractivity contribution in [3.8, 4) is 5.75 Å². The lowest BCUT2D eigenvalue weighted by molar-refractivity contribution is 0.169. The average Bonchev–Trinajstić information content (AvgIpc) is 3.49. The molecular weight excluding hydrogens is 596 g/mol. The van der Waals surface area contributed by atoms with Gasteiger partial charge in [-0.05, 0) is 81.7 Å². The van der Waals surface area contributed by atoms with E-state index in [2.05, 4.69) is 39.5 Å². The first-order chi connectivity index (χ1) is 22.7. The lowest BCUT2D eigenvalue weighted by Gasteiger charge is -2.41. The van der Waals surface area contributed by atoms with Crippen LogP contribution in [-0.2, 0) is 6.54 Å². The summed E-state index contributed by atoms with van der Waals surface area (Å²) in [5.74, 6) is 1.15. The molecule has 7 N–H and O–H groups in total. The smallest absolute Gasteiger partial charge is 0.320 e. The Hall–Kier alpha value is -4.91. The molecular formula is C34H46N10O3. The number of aliphatic imine (C=N–C) groups is 1. The van der Waals surface area contributed by atoms with Gasteiger partial charge in [0.25, 0.3) is 0 Å². The van der Waals surface area contributed by atoms with Crippen molar-refractivity contribution in [1.29, 1.82) is 10.8 Å². The second-order valence-corrected chi connectivity index (χ2v) is 12.2. The van der Waals surface area contributed by atoms with Crippen molar-refractivity contribution in [3.63, 3.8) is 0 Å². The molecule has 5 rings (SSSR count). The number of nitrogens with one attached hydrogen (secondary N) is 4. The summed E-state index contributed by atoms with van der Waals surface area (Å²) in [4.78, 5) is 19.9. The molecule has 2 amide bonds. The number of allylic oxidation sites excluding steroid dienone is 1. The molecule has 13 nitrogen and oxygen atoms in total. The molecule has 250 valence electrons. The van der Waals surface area contributed by atoms with E-state index in [4.69, 9.17) is 21.3 Å². The lowest BCUT2D eigenvalue weighted by atomic mass is 9.85. The number of rotatable bonds is 8. The van der Waals surface area contributed by atoms with Gasteiger partial charge in [-0.2, -0.15) is 5.10 Å². The number of aromatic nitrogens is 3. The Balaban J connectivity index is 1.30. The SMILES string of the molecule is CCC(N)=CC(=Nc1cnn(CCO)c1)NC(=O)NC1CCC(Oc2ccc(=N)n(C(=N)N3C(C)CCCC3C)c2)c2ccccc21. The van der Waals surface area contributed by atoms with Gasteiger partial charge in [-0.25, -0.2) is 9.79 Å². The molecule has 3 aromatic rings. The van der Waals surface area contributed by atoms with Crippen molar-refractivity contribution >= 4 is 23.5 Å². The van der Waals surface area contributed by atoms with Crippen LogP contribution >= 0.6 is 0 Å². The zero-order chi connectivity index (χ0) is 33.5. The monoisotopic (exact) mass is 642 g/mol. The number of aliphatic hydroxyl groups is 1. The quantitative estimate of drug-likeness (QED) is 0.156. The minimum absolute atomic E-state index is 0.0462. The first kappa shape index (κ1) is 33.5. The highest BCUT2D eigenvalue weighted by atomic mass is 16.5. The summed E-state index contributed by atoms with van der Waals surface area (Å²) >= 11 is 0. The highest BCUT2D eigenvalue weighted by molar-refractivity contribution is 6.05. The lowest BCUT2D eigenvalue weighted by Crippen LogP contribution is -2.51. The summed E-state index contributed by atoms with van der Waals surface area (Å²) in [6.07, 6.45) is 11.4. The molecule has 0 bridgehead atoms. The summed E-state index contributed by atoms with van der Waals surface area (Å²) in [6.45, 7) is 6.49. The zero-order valence-corrected chi connectivity index (χ0v) is 27.3. The molecule has 1 aliphatic heterocycles. The first-order valence-corrected chi connectivity index (χ1v) is 16.3. The van der Waals surface area contributed by atoms with Gasteiger partial charge in [-0.1, -0.05) is 31.2 Å². The van der Waals surface area contributed by atoms with Gasteiger partial charge in [0.2, 0.25) is 5.96 Å². The molecule has 0 radical (unpaired) electrons. The Kier molecular flexibility index (Phi) is 10.8. The number of carbonyl (C=O) groups excluding carboxylic acids is 1. The number of nitrogens with two attached hydrogens (primary N) is 1. The summed E-state index contributed by atoms with van der Waals surface area (Å²) in [5.41, 5.74) is 9.32. The molecule has 4 atom stereocenters. The number of pyridine rings is 1. The fraction of sp³-hybridized carbons (Fsp3) is 0.441. The van der Waals surface area contributed by atoms with E-state index >= 15 is 0 Å². The normalized spacial score (nSPS) is 21.6. The maximum absolute atomic E-state index is 13.3. The standard InChI is InChI=1S/C34H46N10O3/c1-4-24(35)18-32(39-25-19-38-42(20-25)16-17-45)41-34(46)40-29-13-14-30(28-11-6-5-10-27(28)29)47-26-12-15-31(36)43(21-26)33(37)44-22(2)8-7-9-23(44)3/h5-6,10-12,15,18-23,29-30,36-37,45H,4,7-9,13-14,16-17,35H2,1-3H3,(H2,39,40,41,46). The van der Waals surface area contributed by atoms with Gasteiger partial charge in [0.1, 0.15) is 28.9 Å². The van der Waals surface area contributed by atoms with E-state index in [1.165, 1.54) is 0 Å². The molecule has 47 heavy (non-hydrogen) atoms. The number of carbonyl (C=O) groups is 1. The van der Waals surface area contributed by atoms with Gasteiger partial charge in [-0.3, -0.25) is 25.4 Å². The summed E-state index contributed by atoms with van der Waals surface area (Å²) in [7, 11) is 0. The molecule has 1 saturated heterocycles. The molecule has 4 unspecified atom stereocenters. The van der Waals surface area contributed by atoms with Crippen LogP contribution in [0.25, 0.3) is 0 Å². The van der Waals surface area contributed by atoms with Gasteiger partial charge < -0.3 is 25.8 Å². The van der Waals surface area contributed by atoms with Gasteiger partial charge in [0, 0.05) is 17.8 Å². The predicted molar refractivity (Wildman–Crippen MR) is 180 cm³/mol. The minimum atomic E-state index is -0.419. The third-order valence-electron chi connectivity index (χ3n) is 8.78. The summed E-state index contributed by atoms with van der Waals surface area (Å²) < 4.78 is 9.68. The Labute approximate surface area is 275 Å². The predicted octanol–water partition coefficient (Wildman–Crippen LogP) is 4.44. The van der Waals surface area contributed by atoms with Crippen molar-refractivity contribution < 1.29 is 14.6 Å².